The molecule has 1 aromatic carbocycles. The molecule has 0 atom stereocenters. The lowest BCUT2D eigenvalue weighted by Crippen LogP contribution is -2.36. The van der Waals surface area contributed by atoms with Crippen molar-refractivity contribution in [2.24, 2.45) is 0 Å². The maximum Gasteiger partial charge on any atom is 0.338 e. The second-order valence-electron chi connectivity index (χ2n) is 5.50. The van der Waals surface area contributed by atoms with Gasteiger partial charge in [0.2, 0.25) is 0 Å². The first kappa shape index (κ1) is 15.0. The van der Waals surface area contributed by atoms with Gasteiger partial charge in [-0.15, -0.1) is 0 Å². The molecule has 0 spiro atoms. The highest BCUT2D eigenvalue weighted by Gasteiger charge is 2.21. The van der Waals surface area contributed by atoms with Crippen molar-refractivity contribution < 1.29 is 9.53 Å². The molecule has 0 aromatic heterocycles. The van der Waals surface area contributed by atoms with Crippen molar-refractivity contribution in [3.63, 3.8) is 0 Å². The molecule has 0 heterocycles. The number of nitrogens with zero attached hydrogens (tertiary/aromatic N) is 1. The van der Waals surface area contributed by atoms with Crippen LogP contribution in [0.5, 0.6) is 0 Å². The van der Waals surface area contributed by atoms with Gasteiger partial charge in [0, 0.05) is 12.6 Å². The van der Waals surface area contributed by atoms with E-state index in [1.54, 1.807) is 0 Å². The van der Waals surface area contributed by atoms with Crippen LogP contribution < -0.4 is 0 Å². The van der Waals surface area contributed by atoms with E-state index in [9.17, 15) is 4.79 Å². The molecule has 0 amide bonds. The summed E-state index contributed by atoms with van der Waals surface area (Å²) in [6, 6.07) is 8.45. The molecule has 3 heteroatoms. The maximum absolute atomic E-state index is 11.8. The molecule has 3 nitrogen and oxygen atoms in total. The predicted molar refractivity (Wildman–Crippen MR) is 80.7 cm³/mol. The van der Waals surface area contributed by atoms with Gasteiger partial charge in [0.25, 0.3) is 0 Å². The molecular formula is C17H25NO2. The van der Waals surface area contributed by atoms with Crippen LogP contribution in [0.4, 0.5) is 0 Å². The van der Waals surface area contributed by atoms with Gasteiger partial charge < -0.3 is 4.74 Å². The van der Waals surface area contributed by atoms with Crippen molar-refractivity contribution >= 4 is 5.97 Å². The average Bonchev–Trinajstić information content (AvgIpc) is 2.53. The van der Waals surface area contributed by atoms with Gasteiger partial charge in [-0.1, -0.05) is 44.4 Å². The van der Waals surface area contributed by atoms with Gasteiger partial charge in [0.1, 0.15) is 0 Å². The number of carbonyl (C=O) groups excluding carboxylic acids is 1. The number of benzene rings is 1. The van der Waals surface area contributed by atoms with Crippen molar-refractivity contribution in [1.82, 2.24) is 4.90 Å². The Balaban J connectivity index is 2.12. The van der Waals surface area contributed by atoms with Crippen LogP contribution in [0.25, 0.3) is 0 Å². The highest BCUT2D eigenvalue weighted by molar-refractivity contribution is 5.90. The first-order valence-electron chi connectivity index (χ1n) is 7.66. The number of rotatable bonds is 5. The predicted octanol–water partition coefficient (Wildman–Crippen LogP) is 3.63. The molecule has 20 heavy (non-hydrogen) atoms. The first-order chi connectivity index (χ1) is 9.76. The largest absolute Gasteiger partial charge is 0.465 e. The average molecular weight is 275 g/mol. The van der Waals surface area contributed by atoms with Crippen molar-refractivity contribution in [3.05, 3.63) is 35.4 Å². The number of esters is 1. The lowest BCUT2D eigenvalue weighted by molar-refractivity contribution is 0.0597. The molecule has 110 valence electrons. The number of methoxy groups -OCH3 is 1. The van der Waals surface area contributed by atoms with Crippen LogP contribution in [0.3, 0.4) is 0 Å². The molecule has 2 rings (SSSR count). The van der Waals surface area contributed by atoms with Crippen LogP contribution in [0.2, 0.25) is 0 Å². The molecule has 0 N–H and O–H groups in total. The van der Waals surface area contributed by atoms with Gasteiger partial charge in [-0.2, -0.15) is 0 Å². The minimum Gasteiger partial charge on any atom is -0.465 e. The van der Waals surface area contributed by atoms with E-state index in [1.165, 1.54) is 39.2 Å². The SMILES string of the molecule is CCN(Cc1ccccc1C(=O)OC)C1CCCCC1. The molecule has 1 aliphatic carbocycles. The van der Waals surface area contributed by atoms with E-state index in [0.717, 1.165) is 18.7 Å². The second kappa shape index (κ2) is 7.44. The third-order valence-corrected chi connectivity index (χ3v) is 4.29. The topological polar surface area (TPSA) is 29.5 Å². The van der Waals surface area contributed by atoms with Gasteiger partial charge in [-0.25, -0.2) is 4.79 Å². The van der Waals surface area contributed by atoms with Crippen LogP contribution in [0.1, 0.15) is 54.9 Å². The molecule has 0 radical (unpaired) electrons. The molecule has 1 aliphatic rings. The lowest BCUT2D eigenvalue weighted by Gasteiger charge is -2.33. The Morgan fingerprint density at radius 1 is 1.25 bits per heavy atom. The molecular weight excluding hydrogens is 250 g/mol. The Bertz CT molecular complexity index is 438. The van der Waals surface area contributed by atoms with Crippen LogP contribution in [0.15, 0.2) is 24.3 Å². The van der Waals surface area contributed by atoms with E-state index >= 15 is 0 Å². The smallest absolute Gasteiger partial charge is 0.338 e. The molecule has 1 fully saturated rings. The fraction of sp³-hybridized carbons (Fsp3) is 0.588. The van der Waals surface area contributed by atoms with Gasteiger partial charge in [-0.3, -0.25) is 4.90 Å². The Kier molecular flexibility index (Phi) is 5.60. The van der Waals surface area contributed by atoms with Crippen molar-refractivity contribution in [3.8, 4) is 0 Å². The van der Waals surface area contributed by atoms with Crippen molar-refractivity contribution in [2.45, 2.75) is 51.6 Å². The molecule has 1 saturated carbocycles. The van der Waals surface area contributed by atoms with Crippen LogP contribution in [-0.2, 0) is 11.3 Å². The molecule has 0 aliphatic heterocycles. The first-order valence-corrected chi connectivity index (χ1v) is 7.66. The van der Waals surface area contributed by atoms with Gasteiger partial charge in [-0.05, 0) is 31.0 Å². The minimum absolute atomic E-state index is 0.236. The summed E-state index contributed by atoms with van der Waals surface area (Å²) in [5, 5.41) is 0. The summed E-state index contributed by atoms with van der Waals surface area (Å²) < 4.78 is 4.88. The molecule has 0 saturated heterocycles. The normalized spacial score (nSPS) is 16.4. The maximum atomic E-state index is 11.8. The van der Waals surface area contributed by atoms with Gasteiger partial charge in [0.05, 0.1) is 12.7 Å². The summed E-state index contributed by atoms with van der Waals surface area (Å²) in [5.74, 6) is -0.236. The zero-order chi connectivity index (χ0) is 14.4. The monoisotopic (exact) mass is 275 g/mol. The summed E-state index contributed by atoms with van der Waals surface area (Å²) >= 11 is 0. The lowest BCUT2D eigenvalue weighted by atomic mass is 9.93. The number of carbonyl (C=O) groups is 1. The summed E-state index contributed by atoms with van der Waals surface area (Å²) in [7, 11) is 1.44. The van der Waals surface area contributed by atoms with E-state index in [0.29, 0.717) is 11.6 Å². The Morgan fingerprint density at radius 3 is 2.60 bits per heavy atom. The Morgan fingerprint density at radius 2 is 1.95 bits per heavy atom. The number of hydrogen-bond acceptors (Lipinski definition) is 3. The highest BCUT2D eigenvalue weighted by atomic mass is 16.5. The molecule has 1 aromatic rings. The highest BCUT2D eigenvalue weighted by Crippen LogP contribution is 2.24. The number of hydrogen-bond donors (Lipinski definition) is 0. The van der Waals surface area contributed by atoms with Crippen molar-refractivity contribution in [2.75, 3.05) is 13.7 Å². The van der Waals surface area contributed by atoms with Crippen LogP contribution in [-0.4, -0.2) is 30.6 Å². The molecule has 0 bridgehead atoms. The summed E-state index contributed by atoms with van der Waals surface area (Å²) in [4.78, 5) is 14.3. The summed E-state index contributed by atoms with van der Waals surface area (Å²) in [6.07, 6.45) is 6.61. The van der Waals surface area contributed by atoms with Crippen LogP contribution in [0, 0.1) is 0 Å². The van der Waals surface area contributed by atoms with E-state index in [1.807, 2.05) is 24.3 Å². The van der Waals surface area contributed by atoms with Gasteiger partial charge in [0.15, 0.2) is 0 Å². The quantitative estimate of drug-likeness (QED) is 0.769. The van der Waals surface area contributed by atoms with Crippen molar-refractivity contribution in [1.29, 1.82) is 0 Å². The van der Waals surface area contributed by atoms with Crippen LogP contribution >= 0.6 is 0 Å². The van der Waals surface area contributed by atoms with E-state index in [-0.39, 0.29) is 5.97 Å². The zero-order valence-electron chi connectivity index (χ0n) is 12.6. The van der Waals surface area contributed by atoms with E-state index in [4.69, 9.17) is 4.74 Å². The molecule has 0 unspecified atom stereocenters. The minimum atomic E-state index is -0.236. The third kappa shape index (κ3) is 3.60. The Hall–Kier alpha value is -1.35. The second-order valence-corrected chi connectivity index (χ2v) is 5.50. The number of ether oxygens (including phenoxy) is 1. The van der Waals surface area contributed by atoms with Gasteiger partial charge >= 0.3 is 5.97 Å². The summed E-state index contributed by atoms with van der Waals surface area (Å²) in [6.45, 7) is 4.07. The summed E-state index contributed by atoms with van der Waals surface area (Å²) in [5.41, 5.74) is 1.77. The Labute approximate surface area is 121 Å². The van der Waals surface area contributed by atoms with E-state index in [2.05, 4.69) is 11.8 Å². The fourth-order valence-corrected chi connectivity index (χ4v) is 3.13. The zero-order valence-corrected chi connectivity index (χ0v) is 12.6. The standard InChI is InChI=1S/C17H25NO2/c1-3-18(15-10-5-4-6-11-15)13-14-9-7-8-12-16(14)17(19)20-2/h7-9,12,15H,3-6,10-11,13H2,1-2H3. The van der Waals surface area contributed by atoms with E-state index < -0.39 is 0 Å². The third-order valence-electron chi connectivity index (χ3n) is 4.29. The fourth-order valence-electron chi connectivity index (χ4n) is 3.13.